The number of nitrogens with zero attached hydrogens (tertiary/aromatic N) is 5. The molecule has 296 valence electrons. The fourth-order valence-corrected chi connectivity index (χ4v) is 7.85. The maximum Gasteiger partial charge on any atom is 0.320 e. The van der Waals surface area contributed by atoms with Crippen LogP contribution >= 0.6 is 11.6 Å². The predicted molar refractivity (Wildman–Crippen MR) is 216 cm³/mol. The van der Waals surface area contributed by atoms with Crippen molar-refractivity contribution in [2.45, 2.75) is 65.3 Å². The van der Waals surface area contributed by atoms with Gasteiger partial charge < -0.3 is 29.3 Å². The minimum Gasteiger partial charge on any atom is -0.493 e. The number of rotatable bonds is 17. The quantitative estimate of drug-likeness (QED) is 0.109. The number of benzene rings is 3. The first kappa shape index (κ1) is 40.9. The zero-order valence-corrected chi connectivity index (χ0v) is 33.1. The molecule has 1 atom stereocenters. The lowest BCUT2D eigenvalue weighted by Crippen LogP contribution is -2.47. The van der Waals surface area contributed by atoms with Crippen molar-refractivity contribution in [2.24, 2.45) is 0 Å². The Morgan fingerprint density at radius 3 is 2.34 bits per heavy atom. The Bertz CT molecular complexity index is 2000. The van der Waals surface area contributed by atoms with Crippen molar-refractivity contribution < 1.29 is 29.2 Å². The lowest BCUT2D eigenvalue weighted by atomic mass is 9.93. The lowest BCUT2D eigenvalue weighted by molar-refractivity contribution is -0.144. The van der Waals surface area contributed by atoms with Crippen molar-refractivity contribution in [2.75, 3.05) is 59.0 Å². The number of hydrogen-bond donors (Lipinski definition) is 2. The van der Waals surface area contributed by atoms with E-state index in [1.54, 1.807) is 24.4 Å². The van der Waals surface area contributed by atoms with E-state index in [1.165, 1.54) is 6.20 Å². The third-order valence-corrected chi connectivity index (χ3v) is 11.2. The number of piperidine rings is 1. The first-order valence-corrected chi connectivity index (χ1v) is 19.9. The van der Waals surface area contributed by atoms with E-state index in [-0.39, 0.29) is 19.8 Å². The van der Waals surface area contributed by atoms with Gasteiger partial charge in [0.05, 0.1) is 23.8 Å². The van der Waals surface area contributed by atoms with Gasteiger partial charge in [-0.15, -0.1) is 0 Å². The Morgan fingerprint density at radius 2 is 1.59 bits per heavy atom. The predicted octanol–water partition coefficient (Wildman–Crippen LogP) is 6.87. The number of hydrogen-bond acceptors (Lipinski definition) is 10. The number of nitriles is 1. The van der Waals surface area contributed by atoms with Gasteiger partial charge in [-0.2, -0.15) is 5.26 Å². The normalized spacial score (nSPS) is 16.7. The largest absolute Gasteiger partial charge is 0.493 e. The number of carboxylic acid groups (broad SMARTS) is 1. The summed E-state index contributed by atoms with van der Waals surface area (Å²) in [7, 11) is 0. The van der Waals surface area contributed by atoms with E-state index in [1.807, 2.05) is 23.1 Å². The second-order valence-corrected chi connectivity index (χ2v) is 15.0. The third kappa shape index (κ3) is 10.6. The van der Waals surface area contributed by atoms with Crippen LogP contribution in [-0.4, -0.2) is 101 Å². The summed E-state index contributed by atoms with van der Waals surface area (Å²) in [4.78, 5) is 23.0. The van der Waals surface area contributed by atoms with Gasteiger partial charge in [-0.3, -0.25) is 19.6 Å². The molecule has 0 amide bonds. The molecule has 0 saturated carbocycles. The zero-order valence-electron chi connectivity index (χ0n) is 32.4. The smallest absolute Gasteiger partial charge is 0.320 e. The summed E-state index contributed by atoms with van der Waals surface area (Å²) in [5.74, 6) is 1.03. The maximum absolute atomic E-state index is 12.1. The number of likely N-dealkylation sites (tertiary alicyclic amines) is 1. The van der Waals surface area contributed by atoms with Crippen LogP contribution in [0.2, 0.25) is 5.02 Å². The number of carbonyl (C=O) groups is 1. The van der Waals surface area contributed by atoms with E-state index >= 15 is 0 Å². The zero-order chi connectivity index (χ0) is 39.4. The molecular weight excluding hydrogens is 730 g/mol. The third-order valence-electron chi connectivity index (χ3n) is 10.9. The van der Waals surface area contributed by atoms with Crippen molar-refractivity contribution in [1.29, 1.82) is 5.26 Å². The van der Waals surface area contributed by atoms with E-state index in [9.17, 15) is 20.3 Å². The van der Waals surface area contributed by atoms with Crippen LogP contribution in [0.25, 0.3) is 11.1 Å². The molecule has 0 spiro atoms. The Labute approximate surface area is 335 Å². The molecule has 3 aromatic carbocycles. The molecule has 4 aromatic rings. The molecule has 11 nitrogen and oxygen atoms in total. The minimum atomic E-state index is -0.832. The summed E-state index contributed by atoms with van der Waals surface area (Å²) in [5, 5.41) is 28.9. The van der Waals surface area contributed by atoms with Crippen LogP contribution in [0.1, 0.15) is 59.1 Å². The summed E-state index contributed by atoms with van der Waals surface area (Å²) in [6.45, 7) is 12.3. The van der Waals surface area contributed by atoms with Gasteiger partial charge in [-0.05, 0) is 85.7 Å². The molecule has 6 rings (SSSR count). The summed E-state index contributed by atoms with van der Waals surface area (Å²) < 4.78 is 19.0. The monoisotopic (exact) mass is 781 g/mol. The van der Waals surface area contributed by atoms with Gasteiger partial charge in [0.25, 0.3) is 0 Å². The standard InChI is InChI=1S/C44H52ClN5O6/c1-31-35(8-5-9-37(31)38-10-6-12-41(32(38)2)54-21-7-13-48-15-17-49(18-16-48)19-20-51)30-56-43-24-42(55-29-34-22-33(25-46)26-47-27-34)36(23-39(43)45)28-50-14-4-3-11-40(50)44(52)53/h5-6,8-10,12,22-24,26-27,40,51H,3-4,7,11,13-21,28-30H2,1-2H3,(H,52,53)/t40-/m0/s1. The Morgan fingerprint density at radius 1 is 0.857 bits per heavy atom. The van der Waals surface area contributed by atoms with Crippen molar-refractivity contribution in [3.8, 4) is 34.4 Å². The fourth-order valence-electron chi connectivity index (χ4n) is 7.61. The Kier molecular flexibility index (Phi) is 14.6. The number of carboxylic acids is 1. The number of pyridine rings is 1. The van der Waals surface area contributed by atoms with Crippen LogP contribution in [-0.2, 0) is 24.6 Å². The van der Waals surface area contributed by atoms with Crippen molar-refractivity contribution in [3.05, 3.63) is 105 Å². The lowest BCUT2D eigenvalue weighted by Gasteiger charge is -2.34. The molecule has 2 aliphatic heterocycles. The van der Waals surface area contributed by atoms with Crippen LogP contribution in [0.4, 0.5) is 0 Å². The second-order valence-electron chi connectivity index (χ2n) is 14.6. The van der Waals surface area contributed by atoms with Gasteiger partial charge in [-0.1, -0.05) is 48.4 Å². The van der Waals surface area contributed by atoms with Crippen LogP contribution in [0.15, 0.2) is 67.0 Å². The van der Waals surface area contributed by atoms with Gasteiger partial charge in [0.1, 0.15) is 42.6 Å². The number of β-amino-alcohol motifs (C(OH)–C–C–N with tert-alkyl or cyclic N) is 1. The molecular formula is C44H52ClN5O6. The van der Waals surface area contributed by atoms with E-state index < -0.39 is 12.0 Å². The van der Waals surface area contributed by atoms with Crippen molar-refractivity contribution in [1.82, 2.24) is 19.7 Å². The molecule has 0 bridgehead atoms. The summed E-state index contributed by atoms with van der Waals surface area (Å²) in [5.41, 5.74) is 7.31. The number of aromatic nitrogens is 1. The van der Waals surface area contributed by atoms with Crippen LogP contribution in [0.3, 0.4) is 0 Å². The highest BCUT2D eigenvalue weighted by Gasteiger charge is 2.29. The SMILES string of the molecule is Cc1c(COc2cc(OCc3cncc(C#N)c3)c(CN3CCCC[C@H]3C(=O)O)cc2Cl)cccc1-c1cccc(OCCCN2CCN(CCO)CC2)c1C. The first-order chi connectivity index (χ1) is 27.2. The van der Waals surface area contributed by atoms with Gasteiger partial charge >= 0.3 is 5.97 Å². The molecule has 0 radical (unpaired) electrons. The number of halogens is 1. The van der Waals surface area contributed by atoms with Crippen molar-refractivity contribution >= 4 is 17.6 Å². The minimum absolute atomic E-state index is 0.158. The van der Waals surface area contributed by atoms with E-state index in [0.29, 0.717) is 48.2 Å². The molecule has 0 aliphatic carbocycles. The molecule has 2 N–H and O–H groups in total. The number of piperazine rings is 1. The fraction of sp³-hybridized carbons (Fsp3) is 0.432. The van der Waals surface area contributed by atoms with E-state index in [4.69, 9.17) is 25.8 Å². The van der Waals surface area contributed by atoms with Gasteiger partial charge in [0, 0.05) is 75.4 Å². The van der Waals surface area contributed by atoms with Gasteiger partial charge in [-0.25, -0.2) is 0 Å². The van der Waals surface area contributed by atoms with E-state index in [0.717, 1.165) is 103 Å². The summed E-state index contributed by atoms with van der Waals surface area (Å²) in [6, 6.07) is 19.3. The molecule has 3 heterocycles. The van der Waals surface area contributed by atoms with Gasteiger partial charge in [0.15, 0.2) is 0 Å². The molecule has 2 saturated heterocycles. The average Bonchev–Trinajstić information content (AvgIpc) is 3.21. The molecule has 2 fully saturated rings. The Balaban J connectivity index is 1.14. The topological polar surface area (TPSA) is 132 Å². The summed E-state index contributed by atoms with van der Waals surface area (Å²) >= 11 is 6.87. The number of ether oxygens (including phenoxy) is 3. The van der Waals surface area contributed by atoms with Crippen LogP contribution < -0.4 is 14.2 Å². The highest BCUT2D eigenvalue weighted by atomic mass is 35.5. The van der Waals surface area contributed by atoms with Gasteiger partial charge in [0.2, 0.25) is 0 Å². The summed E-state index contributed by atoms with van der Waals surface area (Å²) in [6.07, 6.45) is 6.49. The molecule has 1 aromatic heterocycles. The molecule has 12 heteroatoms. The second kappa shape index (κ2) is 19.9. The van der Waals surface area contributed by atoms with Crippen LogP contribution in [0.5, 0.6) is 17.2 Å². The number of aliphatic hydroxyl groups excluding tert-OH is 1. The molecule has 0 unspecified atom stereocenters. The maximum atomic E-state index is 12.1. The average molecular weight is 782 g/mol. The molecule has 2 aliphatic rings. The molecule has 56 heavy (non-hydrogen) atoms. The Hall–Kier alpha value is -4.70. The van der Waals surface area contributed by atoms with Crippen molar-refractivity contribution in [3.63, 3.8) is 0 Å². The highest BCUT2D eigenvalue weighted by Crippen LogP contribution is 2.37. The first-order valence-electron chi connectivity index (χ1n) is 19.5. The highest BCUT2D eigenvalue weighted by molar-refractivity contribution is 6.32. The van der Waals surface area contributed by atoms with Crippen LogP contribution in [0, 0.1) is 25.2 Å². The number of aliphatic carboxylic acids is 1. The number of aliphatic hydroxyl groups is 1. The van der Waals surface area contributed by atoms with E-state index in [2.05, 4.69) is 52.9 Å².